The fourth-order valence-corrected chi connectivity index (χ4v) is 2.66. The highest BCUT2D eigenvalue weighted by atomic mass is 15.3. The second kappa shape index (κ2) is 6.68. The average Bonchev–Trinajstić information content (AvgIpc) is 2.85. The normalized spacial score (nSPS) is 14.4. The third-order valence-corrected chi connectivity index (χ3v) is 3.59. The zero-order valence-electron chi connectivity index (χ0n) is 12.5. The van der Waals surface area contributed by atoms with E-state index < -0.39 is 0 Å². The maximum Gasteiger partial charge on any atom is 0.0538 e. The van der Waals surface area contributed by atoms with E-state index in [1.807, 2.05) is 24.0 Å². The highest BCUT2D eigenvalue weighted by molar-refractivity contribution is 5.17. The van der Waals surface area contributed by atoms with Crippen molar-refractivity contribution in [3.63, 3.8) is 0 Å². The summed E-state index contributed by atoms with van der Waals surface area (Å²) in [6.45, 7) is 6.09. The summed E-state index contributed by atoms with van der Waals surface area (Å²) in [7, 11) is 1.94. The highest BCUT2D eigenvalue weighted by Gasteiger charge is 2.24. The predicted molar refractivity (Wildman–Crippen MR) is 82.1 cm³/mol. The van der Waals surface area contributed by atoms with E-state index >= 15 is 0 Å². The van der Waals surface area contributed by atoms with E-state index in [1.165, 1.54) is 11.1 Å². The van der Waals surface area contributed by atoms with Gasteiger partial charge in [0.05, 0.1) is 12.2 Å². The Kier molecular flexibility index (Phi) is 4.93. The number of rotatable bonds is 6. The summed E-state index contributed by atoms with van der Waals surface area (Å²) in [6.07, 6.45) is 3.98. The van der Waals surface area contributed by atoms with Gasteiger partial charge in [-0.25, -0.2) is 0 Å². The van der Waals surface area contributed by atoms with Crippen molar-refractivity contribution >= 4 is 0 Å². The first-order valence-electron chi connectivity index (χ1n) is 7.14. The molecule has 0 radical (unpaired) electrons. The summed E-state index contributed by atoms with van der Waals surface area (Å²) in [6, 6.07) is 10.8. The second-order valence-corrected chi connectivity index (χ2v) is 5.30. The van der Waals surface area contributed by atoms with Crippen LogP contribution in [-0.2, 0) is 13.6 Å². The molecule has 2 N–H and O–H groups in total. The molecule has 0 fully saturated rings. The van der Waals surface area contributed by atoms with Gasteiger partial charge in [-0.3, -0.25) is 9.58 Å². The fraction of sp³-hybridized carbons (Fsp3) is 0.438. The molecule has 4 nitrogen and oxygen atoms in total. The van der Waals surface area contributed by atoms with Gasteiger partial charge in [-0.05, 0) is 19.0 Å². The van der Waals surface area contributed by atoms with Gasteiger partial charge in [-0.2, -0.15) is 5.10 Å². The summed E-state index contributed by atoms with van der Waals surface area (Å²) in [4.78, 5) is 2.40. The van der Waals surface area contributed by atoms with Crippen LogP contribution in [0.3, 0.4) is 0 Å². The molecule has 2 unspecified atom stereocenters. The standard InChI is InChI=1S/C16H24N4/c1-4-20(11-14-8-6-5-7-9-14)16(13(2)17)15-10-18-19(3)12-15/h5-10,12-13,16H,4,11,17H2,1-3H3. The summed E-state index contributed by atoms with van der Waals surface area (Å²) < 4.78 is 1.83. The molecular formula is C16H24N4. The van der Waals surface area contributed by atoms with Crippen LogP contribution in [0.15, 0.2) is 42.7 Å². The first kappa shape index (κ1) is 14.8. The van der Waals surface area contributed by atoms with E-state index in [0.29, 0.717) is 0 Å². The zero-order chi connectivity index (χ0) is 14.5. The first-order chi connectivity index (χ1) is 9.61. The van der Waals surface area contributed by atoms with E-state index in [0.717, 1.165) is 13.1 Å². The number of aryl methyl sites for hydroxylation is 1. The monoisotopic (exact) mass is 272 g/mol. The lowest BCUT2D eigenvalue weighted by Gasteiger charge is -2.33. The van der Waals surface area contributed by atoms with Gasteiger partial charge in [0, 0.05) is 31.4 Å². The Morgan fingerprint density at radius 1 is 1.30 bits per heavy atom. The van der Waals surface area contributed by atoms with Gasteiger partial charge < -0.3 is 5.73 Å². The Morgan fingerprint density at radius 2 is 2.00 bits per heavy atom. The number of nitrogens with two attached hydrogens (primary N) is 1. The van der Waals surface area contributed by atoms with Crippen molar-refractivity contribution < 1.29 is 0 Å². The van der Waals surface area contributed by atoms with Crippen LogP contribution in [0, 0.1) is 0 Å². The van der Waals surface area contributed by atoms with Gasteiger partial charge in [0.25, 0.3) is 0 Å². The molecule has 20 heavy (non-hydrogen) atoms. The third kappa shape index (κ3) is 3.46. The van der Waals surface area contributed by atoms with Crippen LogP contribution in [-0.4, -0.2) is 27.3 Å². The van der Waals surface area contributed by atoms with Crippen molar-refractivity contribution in [2.75, 3.05) is 6.54 Å². The van der Waals surface area contributed by atoms with Crippen molar-refractivity contribution in [1.82, 2.24) is 14.7 Å². The molecule has 0 bridgehead atoms. The van der Waals surface area contributed by atoms with E-state index in [4.69, 9.17) is 5.73 Å². The van der Waals surface area contributed by atoms with Crippen molar-refractivity contribution in [1.29, 1.82) is 0 Å². The molecule has 4 heteroatoms. The molecule has 0 spiro atoms. The highest BCUT2D eigenvalue weighted by Crippen LogP contribution is 2.24. The number of nitrogens with zero attached hydrogens (tertiary/aromatic N) is 3. The molecule has 0 aliphatic rings. The summed E-state index contributed by atoms with van der Waals surface area (Å²) >= 11 is 0. The lowest BCUT2D eigenvalue weighted by atomic mass is 10.0. The van der Waals surface area contributed by atoms with Gasteiger partial charge >= 0.3 is 0 Å². The zero-order valence-corrected chi connectivity index (χ0v) is 12.5. The topological polar surface area (TPSA) is 47.1 Å². The Morgan fingerprint density at radius 3 is 2.50 bits per heavy atom. The number of likely N-dealkylation sites (N-methyl/N-ethyl adjacent to an activating group) is 1. The van der Waals surface area contributed by atoms with E-state index in [2.05, 4.69) is 54.3 Å². The molecule has 0 amide bonds. The minimum absolute atomic E-state index is 0.0582. The van der Waals surface area contributed by atoms with Gasteiger partial charge in [-0.15, -0.1) is 0 Å². The number of benzene rings is 1. The Balaban J connectivity index is 2.22. The van der Waals surface area contributed by atoms with Gasteiger partial charge in [-0.1, -0.05) is 37.3 Å². The fourth-order valence-electron chi connectivity index (χ4n) is 2.66. The first-order valence-corrected chi connectivity index (χ1v) is 7.14. The number of hydrogen-bond donors (Lipinski definition) is 1. The van der Waals surface area contributed by atoms with Gasteiger partial charge in [0.1, 0.15) is 0 Å². The second-order valence-electron chi connectivity index (χ2n) is 5.30. The Bertz CT molecular complexity index is 518. The van der Waals surface area contributed by atoms with Crippen LogP contribution in [0.4, 0.5) is 0 Å². The molecular weight excluding hydrogens is 248 g/mol. The Labute approximate surface area is 121 Å². The largest absolute Gasteiger partial charge is 0.326 e. The lowest BCUT2D eigenvalue weighted by Crippen LogP contribution is -2.39. The van der Waals surface area contributed by atoms with Crippen LogP contribution in [0.1, 0.15) is 31.0 Å². The minimum Gasteiger partial charge on any atom is -0.326 e. The van der Waals surface area contributed by atoms with Gasteiger partial charge in [0.15, 0.2) is 0 Å². The maximum atomic E-state index is 6.23. The quantitative estimate of drug-likeness (QED) is 0.878. The SMILES string of the molecule is CCN(Cc1ccccc1)C(c1cnn(C)c1)C(C)N. The van der Waals surface area contributed by atoms with Crippen molar-refractivity contribution in [2.24, 2.45) is 12.8 Å². The number of aromatic nitrogens is 2. The molecule has 0 aliphatic carbocycles. The Hall–Kier alpha value is -1.65. The lowest BCUT2D eigenvalue weighted by molar-refractivity contribution is 0.177. The van der Waals surface area contributed by atoms with Crippen molar-refractivity contribution in [3.8, 4) is 0 Å². The molecule has 1 heterocycles. The molecule has 108 valence electrons. The summed E-state index contributed by atoms with van der Waals surface area (Å²) in [5.74, 6) is 0. The molecule has 0 aliphatic heterocycles. The van der Waals surface area contributed by atoms with Crippen molar-refractivity contribution in [3.05, 3.63) is 53.9 Å². The molecule has 2 aromatic rings. The average molecular weight is 272 g/mol. The molecule has 1 aromatic heterocycles. The van der Waals surface area contributed by atoms with Crippen molar-refractivity contribution in [2.45, 2.75) is 32.5 Å². The minimum atomic E-state index is 0.0582. The molecule has 0 saturated heterocycles. The van der Waals surface area contributed by atoms with E-state index in [1.54, 1.807) is 0 Å². The van der Waals surface area contributed by atoms with E-state index in [-0.39, 0.29) is 12.1 Å². The molecule has 2 atom stereocenters. The van der Waals surface area contributed by atoms with Crippen LogP contribution in [0.5, 0.6) is 0 Å². The van der Waals surface area contributed by atoms with Crippen LogP contribution in [0.25, 0.3) is 0 Å². The molecule has 0 saturated carbocycles. The molecule has 1 aromatic carbocycles. The summed E-state index contributed by atoms with van der Waals surface area (Å²) in [5, 5.41) is 4.28. The summed E-state index contributed by atoms with van der Waals surface area (Å²) in [5.41, 5.74) is 8.72. The van der Waals surface area contributed by atoms with Crippen LogP contribution >= 0.6 is 0 Å². The van der Waals surface area contributed by atoms with Crippen LogP contribution < -0.4 is 5.73 Å². The maximum absolute atomic E-state index is 6.23. The molecule has 2 rings (SSSR count). The van der Waals surface area contributed by atoms with E-state index in [9.17, 15) is 0 Å². The van der Waals surface area contributed by atoms with Gasteiger partial charge in [0.2, 0.25) is 0 Å². The number of hydrogen-bond acceptors (Lipinski definition) is 3. The smallest absolute Gasteiger partial charge is 0.0538 e. The predicted octanol–water partition coefficient (Wildman–Crippen LogP) is 2.33. The third-order valence-electron chi connectivity index (χ3n) is 3.59. The van der Waals surface area contributed by atoms with Crippen LogP contribution in [0.2, 0.25) is 0 Å².